The first-order valence-corrected chi connectivity index (χ1v) is 7.23. The summed E-state index contributed by atoms with van der Waals surface area (Å²) < 4.78 is 0. The van der Waals surface area contributed by atoms with Gasteiger partial charge in [-0.05, 0) is 23.6 Å². The van der Waals surface area contributed by atoms with Gasteiger partial charge in [0.15, 0.2) is 0 Å². The van der Waals surface area contributed by atoms with Gasteiger partial charge in [0, 0.05) is 18.3 Å². The van der Waals surface area contributed by atoms with E-state index in [2.05, 4.69) is 10.2 Å². The number of rotatable bonds is 4. The minimum Gasteiger partial charge on any atom is -0.379 e. The van der Waals surface area contributed by atoms with Crippen molar-refractivity contribution in [1.29, 1.82) is 0 Å². The lowest BCUT2D eigenvalue weighted by Crippen LogP contribution is -2.36. The molecule has 0 aliphatic rings. The molecule has 22 heavy (non-hydrogen) atoms. The Kier molecular flexibility index (Phi) is 3.79. The van der Waals surface area contributed by atoms with Crippen LogP contribution >= 0.6 is 0 Å². The number of benzene rings is 2. The fourth-order valence-corrected chi connectivity index (χ4v) is 2.58. The topological polar surface area (TPSA) is 74.9 Å². The molecule has 4 heteroatoms. The van der Waals surface area contributed by atoms with Gasteiger partial charge in [0.2, 0.25) is 0 Å². The number of nitrogens with two attached hydrogens (primary N) is 1. The van der Waals surface area contributed by atoms with Gasteiger partial charge in [-0.15, -0.1) is 0 Å². The third-order valence-corrected chi connectivity index (χ3v) is 4.02. The van der Waals surface area contributed by atoms with Gasteiger partial charge in [0.25, 0.3) is 0 Å². The number of hydrogen-bond donors (Lipinski definition) is 3. The number of nitrogens with zero attached hydrogens (tertiary/aromatic N) is 1. The molecule has 4 N–H and O–H groups in total. The van der Waals surface area contributed by atoms with Crippen molar-refractivity contribution < 1.29 is 5.11 Å². The van der Waals surface area contributed by atoms with Crippen LogP contribution in [0.25, 0.3) is 11.1 Å². The molecule has 2 aromatic carbocycles. The summed E-state index contributed by atoms with van der Waals surface area (Å²) in [6.07, 6.45) is 3.61. The molecule has 0 radical (unpaired) electrons. The van der Waals surface area contributed by atoms with E-state index in [0.29, 0.717) is 0 Å². The van der Waals surface area contributed by atoms with Gasteiger partial charge in [-0.1, -0.05) is 54.1 Å². The summed E-state index contributed by atoms with van der Waals surface area (Å²) in [5.41, 5.74) is 9.49. The number of aromatic nitrogens is 2. The largest absolute Gasteiger partial charge is 0.379 e. The highest BCUT2D eigenvalue weighted by atomic mass is 16.3. The average Bonchev–Trinajstić information content (AvgIpc) is 3.09. The quantitative estimate of drug-likeness (QED) is 0.692. The van der Waals surface area contributed by atoms with Crippen LogP contribution in [0.2, 0.25) is 0 Å². The number of H-pyrrole nitrogens is 1. The molecule has 0 aliphatic carbocycles. The van der Waals surface area contributed by atoms with Crippen LogP contribution in [0, 0.1) is 6.92 Å². The van der Waals surface area contributed by atoms with E-state index in [1.54, 1.807) is 6.20 Å². The highest BCUT2D eigenvalue weighted by Gasteiger charge is 2.29. The van der Waals surface area contributed by atoms with Crippen LogP contribution in [0.5, 0.6) is 0 Å². The first-order valence-electron chi connectivity index (χ1n) is 7.23. The van der Waals surface area contributed by atoms with Gasteiger partial charge in [0.1, 0.15) is 5.60 Å². The van der Waals surface area contributed by atoms with E-state index >= 15 is 0 Å². The van der Waals surface area contributed by atoms with Gasteiger partial charge < -0.3 is 10.8 Å². The molecule has 0 saturated heterocycles. The van der Waals surface area contributed by atoms with E-state index in [1.807, 2.05) is 61.7 Å². The SMILES string of the molecule is Cc1ccc(C(O)(CN)c2ccc(-c3cn[nH]c3)cc2)cc1. The fourth-order valence-electron chi connectivity index (χ4n) is 2.58. The maximum Gasteiger partial charge on any atom is 0.127 e. The van der Waals surface area contributed by atoms with Crippen LogP contribution in [0.4, 0.5) is 0 Å². The summed E-state index contributed by atoms with van der Waals surface area (Å²) in [5, 5.41) is 17.8. The van der Waals surface area contributed by atoms with Gasteiger partial charge in [-0.3, -0.25) is 5.10 Å². The smallest absolute Gasteiger partial charge is 0.127 e. The second kappa shape index (κ2) is 5.75. The molecule has 0 fully saturated rings. The molecule has 1 heterocycles. The Morgan fingerprint density at radius 3 is 2.09 bits per heavy atom. The molecule has 1 aromatic heterocycles. The van der Waals surface area contributed by atoms with E-state index in [4.69, 9.17) is 5.73 Å². The van der Waals surface area contributed by atoms with Crippen LogP contribution in [0.1, 0.15) is 16.7 Å². The molecule has 0 spiro atoms. The summed E-state index contributed by atoms with van der Waals surface area (Å²) >= 11 is 0. The average molecular weight is 293 g/mol. The second-order valence-corrected chi connectivity index (χ2v) is 5.49. The molecule has 0 aliphatic heterocycles. The summed E-state index contributed by atoms with van der Waals surface area (Å²) in [6, 6.07) is 15.6. The summed E-state index contributed by atoms with van der Waals surface area (Å²) in [6.45, 7) is 2.14. The van der Waals surface area contributed by atoms with Crippen molar-refractivity contribution in [3.63, 3.8) is 0 Å². The van der Waals surface area contributed by atoms with Crippen molar-refractivity contribution in [1.82, 2.24) is 10.2 Å². The summed E-state index contributed by atoms with van der Waals surface area (Å²) in [4.78, 5) is 0. The number of nitrogens with one attached hydrogen (secondary N) is 1. The Bertz CT molecular complexity index is 733. The lowest BCUT2D eigenvalue weighted by atomic mass is 9.85. The Labute approximate surface area is 129 Å². The molecule has 112 valence electrons. The predicted octanol–water partition coefficient (Wildman–Crippen LogP) is 2.58. The predicted molar refractivity (Wildman–Crippen MR) is 87.3 cm³/mol. The number of aryl methyl sites for hydroxylation is 1. The van der Waals surface area contributed by atoms with Crippen molar-refractivity contribution in [2.75, 3.05) is 6.54 Å². The molecule has 1 atom stereocenters. The van der Waals surface area contributed by atoms with Gasteiger partial charge in [-0.25, -0.2) is 0 Å². The van der Waals surface area contributed by atoms with Crippen molar-refractivity contribution in [3.05, 3.63) is 77.6 Å². The third kappa shape index (κ3) is 2.54. The molecular weight excluding hydrogens is 274 g/mol. The lowest BCUT2D eigenvalue weighted by Gasteiger charge is -2.28. The Morgan fingerprint density at radius 2 is 1.59 bits per heavy atom. The Balaban J connectivity index is 1.98. The van der Waals surface area contributed by atoms with Gasteiger partial charge >= 0.3 is 0 Å². The van der Waals surface area contributed by atoms with E-state index in [9.17, 15) is 5.11 Å². The van der Waals surface area contributed by atoms with E-state index in [0.717, 1.165) is 27.8 Å². The summed E-state index contributed by atoms with van der Waals surface area (Å²) in [5.74, 6) is 0. The molecule has 0 bridgehead atoms. The Hall–Kier alpha value is -2.43. The van der Waals surface area contributed by atoms with Crippen LogP contribution < -0.4 is 5.73 Å². The lowest BCUT2D eigenvalue weighted by molar-refractivity contribution is 0.0902. The van der Waals surface area contributed by atoms with E-state index < -0.39 is 5.60 Å². The maximum atomic E-state index is 11.0. The molecule has 3 rings (SSSR count). The van der Waals surface area contributed by atoms with E-state index in [1.165, 1.54) is 0 Å². The first kappa shape index (κ1) is 14.5. The first-order chi connectivity index (χ1) is 10.6. The number of aromatic amines is 1. The highest BCUT2D eigenvalue weighted by molar-refractivity contribution is 5.62. The second-order valence-electron chi connectivity index (χ2n) is 5.49. The molecule has 0 saturated carbocycles. The fraction of sp³-hybridized carbons (Fsp3) is 0.167. The normalized spacial score (nSPS) is 13.8. The van der Waals surface area contributed by atoms with Gasteiger partial charge in [0.05, 0.1) is 6.20 Å². The number of hydrogen-bond acceptors (Lipinski definition) is 3. The van der Waals surface area contributed by atoms with Gasteiger partial charge in [-0.2, -0.15) is 5.10 Å². The van der Waals surface area contributed by atoms with Crippen molar-refractivity contribution >= 4 is 0 Å². The molecule has 0 amide bonds. The zero-order valence-electron chi connectivity index (χ0n) is 12.5. The van der Waals surface area contributed by atoms with Crippen LogP contribution in [-0.4, -0.2) is 21.8 Å². The molecule has 3 aromatic rings. The van der Waals surface area contributed by atoms with Crippen molar-refractivity contribution in [2.45, 2.75) is 12.5 Å². The van der Waals surface area contributed by atoms with Crippen LogP contribution in [0.3, 0.4) is 0 Å². The minimum atomic E-state index is -1.18. The standard InChI is InChI=1S/C18H19N3O/c1-13-2-6-16(7-3-13)18(22,12-19)17-8-4-14(5-9-17)15-10-20-21-11-15/h2-11,22H,12,19H2,1H3,(H,20,21). The molecule has 4 nitrogen and oxygen atoms in total. The number of aliphatic hydroxyl groups is 1. The zero-order chi connectivity index (χ0) is 15.6. The minimum absolute atomic E-state index is 0.126. The highest BCUT2D eigenvalue weighted by Crippen LogP contribution is 2.30. The zero-order valence-corrected chi connectivity index (χ0v) is 12.5. The van der Waals surface area contributed by atoms with Crippen LogP contribution in [-0.2, 0) is 5.60 Å². The Morgan fingerprint density at radius 1 is 1.00 bits per heavy atom. The monoisotopic (exact) mass is 293 g/mol. The third-order valence-electron chi connectivity index (χ3n) is 4.02. The summed E-state index contributed by atoms with van der Waals surface area (Å²) in [7, 11) is 0. The van der Waals surface area contributed by atoms with Crippen LogP contribution in [0.15, 0.2) is 60.9 Å². The van der Waals surface area contributed by atoms with Crippen molar-refractivity contribution in [3.8, 4) is 11.1 Å². The molecule has 1 unspecified atom stereocenters. The maximum absolute atomic E-state index is 11.0. The van der Waals surface area contributed by atoms with E-state index in [-0.39, 0.29) is 6.54 Å². The van der Waals surface area contributed by atoms with Crippen molar-refractivity contribution in [2.24, 2.45) is 5.73 Å². The molecular formula is C18H19N3O.